The lowest BCUT2D eigenvalue weighted by Crippen LogP contribution is -2.53. The number of likely N-dealkylation sites (tertiary alicyclic amines) is 1. The van der Waals surface area contributed by atoms with E-state index in [0.717, 1.165) is 71.4 Å². The molecule has 4 rings (SSSR count). The van der Waals surface area contributed by atoms with Crippen LogP contribution in [-0.4, -0.2) is 76.8 Å². The van der Waals surface area contributed by atoms with Crippen molar-refractivity contribution < 1.29 is 9.59 Å². The number of carbonyl (C=O) groups excluding carboxylic acids is 2. The lowest BCUT2D eigenvalue weighted by molar-refractivity contribution is -0.145. The molecule has 1 aliphatic carbocycles. The largest absolute Gasteiger partial charge is 0.341 e. The standard InChI is InChI=1S/C23H34N4O2/c1-18(2)25-10-3-11-26(15-14-25)22(29)20-16-23(17-20)6-12-27(13-7-23)21(28)19-4-8-24-9-5-19/h4-5,8-9,18,20H,3,6-7,10-17H2,1-2H3. The highest BCUT2D eigenvalue weighted by atomic mass is 16.2. The van der Waals surface area contributed by atoms with E-state index in [-0.39, 0.29) is 17.2 Å². The summed E-state index contributed by atoms with van der Waals surface area (Å²) >= 11 is 0. The molecule has 29 heavy (non-hydrogen) atoms. The highest BCUT2D eigenvalue weighted by Crippen LogP contribution is 2.53. The first-order valence-corrected chi connectivity index (χ1v) is 11.2. The van der Waals surface area contributed by atoms with Crippen LogP contribution in [0.15, 0.2) is 24.5 Å². The molecule has 3 heterocycles. The van der Waals surface area contributed by atoms with E-state index in [0.29, 0.717) is 17.5 Å². The van der Waals surface area contributed by atoms with Crippen molar-refractivity contribution in [1.82, 2.24) is 19.7 Å². The average Bonchev–Trinajstić information content (AvgIpc) is 2.98. The number of pyridine rings is 1. The molecule has 3 fully saturated rings. The Kier molecular flexibility index (Phi) is 5.91. The summed E-state index contributed by atoms with van der Waals surface area (Å²) < 4.78 is 0. The van der Waals surface area contributed by atoms with Gasteiger partial charge >= 0.3 is 0 Å². The fraction of sp³-hybridized carbons (Fsp3) is 0.696. The molecule has 6 heteroatoms. The molecule has 2 aliphatic heterocycles. The predicted octanol–water partition coefficient (Wildman–Crippen LogP) is 2.66. The van der Waals surface area contributed by atoms with E-state index in [9.17, 15) is 9.59 Å². The zero-order chi connectivity index (χ0) is 20.4. The normalized spacial score (nSPS) is 23.1. The van der Waals surface area contributed by atoms with Gasteiger partial charge in [-0.15, -0.1) is 0 Å². The average molecular weight is 399 g/mol. The monoisotopic (exact) mass is 398 g/mol. The maximum atomic E-state index is 13.0. The molecule has 1 saturated carbocycles. The van der Waals surface area contributed by atoms with Gasteiger partial charge in [0.1, 0.15) is 0 Å². The number of carbonyl (C=O) groups is 2. The molecule has 1 spiro atoms. The van der Waals surface area contributed by atoms with Gasteiger partial charge in [0.25, 0.3) is 5.91 Å². The number of aromatic nitrogens is 1. The van der Waals surface area contributed by atoms with Crippen LogP contribution in [0.4, 0.5) is 0 Å². The van der Waals surface area contributed by atoms with Gasteiger partial charge in [-0.1, -0.05) is 0 Å². The van der Waals surface area contributed by atoms with Crippen LogP contribution in [0.5, 0.6) is 0 Å². The molecule has 2 saturated heterocycles. The van der Waals surface area contributed by atoms with Gasteiger partial charge in [0.05, 0.1) is 0 Å². The van der Waals surface area contributed by atoms with Gasteiger partial charge in [0.15, 0.2) is 0 Å². The summed E-state index contributed by atoms with van der Waals surface area (Å²) in [5.41, 5.74) is 1.000. The van der Waals surface area contributed by atoms with Crippen LogP contribution in [-0.2, 0) is 4.79 Å². The number of nitrogens with zero attached hydrogens (tertiary/aromatic N) is 4. The number of hydrogen-bond acceptors (Lipinski definition) is 4. The Bertz CT molecular complexity index is 720. The molecule has 0 radical (unpaired) electrons. The molecule has 0 aromatic carbocycles. The third-order valence-corrected chi connectivity index (χ3v) is 7.32. The Balaban J connectivity index is 1.26. The zero-order valence-electron chi connectivity index (χ0n) is 17.8. The Hall–Kier alpha value is -1.95. The summed E-state index contributed by atoms with van der Waals surface area (Å²) in [6.07, 6.45) is 8.48. The Morgan fingerprint density at radius 1 is 0.966 bits per heavy atom. The molecule has 3 aliphatic rings. The van der Waals surface area contributed by atoms with Crippen LogP contribution in [0.3, 0.4) is 0 Å². The molecule has 2 amide bonds. The maximum Gasteiger partial charge on any atom is 0.253 e. The number of hydrogen-bond donors (Lipinski definition) is 0. The van der Waals surface area contributed by atoms with Crippen molar-refractivity contribution in [3.05, 3.63) is 30.1 Å². The zero-order valence-corrected chi connectivity index (χ0v) is 17.8. The minimum absolute atomic E-state index is 0.105. The highest BCUT2D eigenvalue weighted by molar-refractivity contribution is 5.94. The van der Waals surface area contributed by atoms with Crippen molar-refractivity contribution in [1.29, 1.82) is 0 Å². The predicted molar refractivity (Wildman–Crippen MR) is 112 cm³/mol. The van der Waals surface area contributed by atoms with E-state index in [2.05, 4.69) is 28.6 Å². The quantitative estimate of drug-likeness (QED) is 0.786. The van der Waals surface area contributed by atoms with Gasteiger partial charge in [-0.25, -0.2) is 0 Å². The van der Waals surface area contributed by atoms with E-state index in [4.69, 9.17) is 0 Å². The first kappa shape index (κ1) is 20.3. The number of rotatable bonds is 3. The van der Waals surface area contributed by atoms with Crippen molar-refractivity contribution in [3.63, 3.8) is 0 Å². The summed E-state index contributed by atoms with van der Waals surface area (Å²) in [6, 6.07) is 4.12. The Labute approximate surface area is 174 Å². The van der Waals surface area contributed by atoms with Gasteiger partial charge in [-0.3, -0.25) is 19.5 Å². The lowest BCUT2D eigenvalue weighted by Gasteiger charge is -2.52. The van der Waals surface area contributed by atoms with Crippen LogP contribution in [0, 0.1) is 11.3 Å². The maximum absolute atomic E-state index is 13.0. The minimum atomic E-state index is 0.105. The summed E-state index contributed by atoms with van der Waals surface area (Å²) in [4.78, 5) is 36.2. The van der Waals surface area contributed by atoms with E-state index >= 15 is 0 Å². The summed E-state index contributed by atoms with van der Waals surface area (Å²) in [5, 5.41) is 0. The van der Waals surface area contributed by atoms with Crippen LogP contribution in [0.2, 0.25) is 0 Å². The highest BCUT2D eigenvalue weighted by Gasteiger charge is 2.49. The molecular weight excluding hydrogens is 364 g/mol. The first-order chi connectivity index (χ1) is 14.0. The van der Waals surface area contributed by atoms with Crippen LogP contribution >= 0.6 is 0 Å². The fourth-order valence-corrected chi connectivity index (χ4v) is 5.36. The number of amides is 2. The second-order valence-corrected chi connectivity index (χ2v) is 9.44. The van der Waals surface area contributed by atoms with E-state index in [1.54, 1.807) is 24.5 Å². The summed E-state index contributed by atoms with van der Waals surface area (Å²) in [6.45, 7) is 9.93. The van der Waals surface area contributed by atoms with Gasteiger partial charge in [0, 0.05) is 69.2 Å². The second-order valence-electron chi connectivity index (χ2n) is 9.44. The van der Waals surface area contributed by atoms with Crippen molar-refractivity contribution in [2.45, 2.75) is 52.0 Å². The topological polar surface area (TPSA) is 56.8 Å². The molecule has 6 nitrogen and oxygen atoms in total. The number of piperidine rings is 1. The van der Waals surface area contributed by atoms with Crippen LogP contribution in [0.1, 0.15) is 56.3 Å². The van der Waals surface area contributed by atoms with Crippen LogP contribution < -0.4 is 0 Å². The van der Waals surface area contributed by atoms with Gasteiger partial charge < -0.3 is 9.80 Å². The van der Waals surface area contributed by atoms with Crippen molar-refractivity contribution in [3.8, 4) is 0 Å². The molecule has 0 atom stereocenters. The molecule has 158 valence electrons. The Morgan fingerprint density at radius 2 is 1.66 bits per heavy atom. The third kappa shape index (κ3) is 4.32. The van der Waals surface area contributed by atoms with E-state index in [1.807, 2.05) is 4.90 Å². The molecule has 0 N–H and O–H groups in total. The van der Waals surface area contributed by atoms with Gasteiger partial charge in [-0.2, -0.15) is 0 Å². The third-order valence-electron chi connectivity index (χ3n) is 7.32. The summed E-state index contributed by atoms with van der Waals surface area (Å²) in [7, 11) is 0. The van der Waals surface area contributed by atoms with Gasteiger partial charge in [0.2, 0.25) is 5.91 Å². The molecular formula is C23H34N4O2. The molecule has 0 bridgehead atoms. The Morgan fingerprint density at radius 3 is 2.31 bits per heavy atom. The molecule has 1 aromatic heterocycles. The first-order valence-electron chi connectivity index (χ1n) is 11.2. The van der Waals surface area contributed by atoms with E-state index in [1.165, 1.54) is 0 Å². The smallest absolute Gasteiger partial charge is 0.253 e. The van der Waals surface area contributed by atoms with Crippen molar-refractivity contribution in [2.75, 3.05) is 39.3 Å². The lowest BCUT2D eigenvalue weighted by atomic mass is 9.57. The van der Waals surface area contributed by atoms with Crippen molar-refractivity contribution >= 4 is 11.8 Å². The molecule has 1 aromatic rings. The van der Waals surface area contributed by atoms with E-state index < -0.39 is 0 Å². The minimum Gasteiger partial charge on any atom is -0.341 e. The summed E-state index contributed by atoms with van der Waals surface area (Å²) in [5.74, 6) is 0.674. The fourth-order valence-electron chi connectivity index (χ4n) is 5.36. The SMILES string of the molecule is CC(C)N1CCCN(C(=O)C2CC3(CCN(C(=O)c4ccncc4)CC3)C2)CC1. The van der Waals surface area contributed by atoms with Gasteiger partial charge in [-0.05, 0) is 63.5 Å². The van der Waals surface area contributed by atoms with Crippen molar-refractivity contribution in [2.24, 2.45) is 11.3 Å². The second kappa shape index (κ2) is 8.42. The molecule has 0 unspecified atom stereocenters. The van der Waals surface area contributed by atoms with Crippen LogP contribution in [0.25, 0.3) is 0 Å².